The van der Waals surface area contributed by atoms with E-state index in [-0.39, 0.29) is 17.3 Å². The molecular formula is C25H24ClN5O2. The van der Waals surface area contributed by atoms with Crippen LogP contribution in [0.15, 0.2) is 36.5 Å². The van der Waals surface area contributed by atoms with Crippen LogP contribution in [0.25, 0.3) is 11.1 Å². The standard InChI is InChI=1S/C25H24ClN5O2/c1-5-33-25(32)20-10-18(13-29-24(20)26)14-31-16(2)23(19-8-6-17(11-27)7-9-19)21(12-28)22(31)15-30(3)4/h6-10,13H,5,14-15H2,1-4H3. The summed E-state index contributed by atoms with van der Waals surface area (Å²) >= 11 is 6.13. The molecule has 3 aromatic rings. The Balaban J connectivity index is 2.14. The Hall–Kier alpha value is -3.65. The number of rotatable bonds is 7. The summed E-state index contributed by atoms with van der Waals surface area (Å²) in [5, 5.41) is 19.3. The summed E-state index contributed by atoms with van der Waals surface area (Å²) < 4.78 is 7.15. The molecule has 0 aliphatic heterocycles. The van der Waals surface area contributed by atoms with Gasteiger partial charge in [-0.15, -0.1) is 0 Å². The molecular weight excluding hydrogens is 438 g/mol. The number of benzene rings is 1. The zero-order valence-corrected chi connectivity index (χ0v) is 19.8. The molecule has 1 aromatic carbocycles. The molecule has 168 valence electrons. The van der Waals surface area contributed by atoms with Gasteiger partial charge < -0.3 is 14.2 Å². The molecule has 0 unspecified atom stereocenters. The van der Waals surface area contributed by atoms with Crippen LogP contribution >= 0.6 is 11.6 Å². The average Bonchev–Trinajstić information content (AvgIpc) is 3.05. The number of hydrogen-bond acceptors (Lipinski definition) is 6. The Kier molecular flexibility index (Phi) is 7.50. The van der Waals surface area contributed by atoms with Crippen molar-refractivity contribution in [3.63, 3.8) is 0 Å². The summed E-state index contributed by atoms with van der Waals surface area (Å²) in [5.74, 6) is -0.523. The number of nitrogens with zero attached hydrogens (tertiary/aromatic N) is 5. The van der Waals surface area contributed by atoms with Crippen molar-refractivity contribution in [3.05, 3.63) is 75.3 Å². The molecule has 7 nitrogen and oxygen atoms in total. The summed E-state index contributed by atoms with van der Waals surface area (Å²) in [6.45, 7) is 4.88. The molecule has 2 heterocycles. The molecule has 33 heavy (non-hydrogen) atoms. The van der Waals surface area contributed by atoms with Crippen molar-refractivity contribution in [1.29, 1.82) is 10.5 Å². The van der Waals surface area contributed by atoms with Crippen LogP contribution in [0.3, 0.4) is 0 Å². The van der Waals surface area contributed by atoms with Crippen molar-refractivity contribution >= 4 is 17.6 Å². The van der Waals surface area contributed by atoms with Crippen LogP contribution in [0.5, 0.6) is 0 Å². The second-order valence-corrected chi connectivity index (χ2v) is 8.17. The molecule has 0 saturated carbocycles. The molecule has 0 spiro atoms. The van der Waals surface area contributed by atoms with Crippen molar-refractivity contribution in [3.8, 4) is 23.3 Å². The van der Waals surface area contributed by atoms with Crippen LogP contribution < -0.4 is 0 Å². The first-order valence-corrected chi connectivity index (χ1v) is 10.8. The molecule has 0 amide bonds. The number of hydrogen-bond donors (Lipinski definition) is 0. The third kappa shape index (κ3) is 5.06. The van der Waals surface area contributed by atoms with E-state index in [9.17, 15) is 10.1 Å². The van der Waals surface area contributed by atoms with E-state index in [1.54, 1.807) is 31.3 Å². The average molecular weight is 462 g/mol. The molecule has 0 aliphatic carbocycles. The third-order valence-corrected chi connectivity index (χ3v) is 5.54. The molecule has 0 N–H and O–H groups in total. The first-order chi connectivity index (χ1) is 15.8. The minimum absolute atomic E-state index is 0.0888. The van der Waals surface area contributed by atoms with Crippen molar-refractivity contribution in [2.24, 2.45) is 0 Å². The van der Waals surface area contributed by atoms with E-state index in [1.165, 1.54) is 0 Å². The fraction of sp³-hybridized carbons (Fsp3) is 0.280. The minimum Gasteiger partial charge on any atom is -0.462 e. The van der Waals surface area contributed by atoms with Gasteiger partial charge in [0.2, 0.25) is 0 Å². The smallest absolute Gasteiger partial charge is 0.341 e. The lowest BCUT2D eigenvalue weighted by Gasteiger charge is -2.16. The summed E-state index contributed by atoms with van der Waals surface area (Å²) in [6.07, 6.45) is 1.62. The maximum atomic E-state index is 12.3. The number of ether oxygens (including phenoxy) is 1. The van der Waals surface area contributed by atoms with Gasteiger partial charge in [0.1, 0.15) is 11.2 Å². The summed E-state index contributed by atoms with van der Waals surface area (Å²) in [5.41, 5.74) is 5.56. The summed E-state index contributed by atoms with van der Waals surface area (Å²) in [7, 11) is 3.88. The van der Waals surface area contributed by atoms with E-state index in [2.05, 4.69) is 21.7 Å². The summed E-state index contributed by atoms with van der Waals surface area (Å²) in [6, 6.07) is 13.4. The van der Waals surface area contributed by atoms with Crippen LogP contribution in [0.1, 0.15) is 45.4 Å². The van der Waals surface area contributed by atoms with Gasteiger partial charge in [0.05, 0.1) is 35.1 Å². The number of carbonyl (C=O) groups excluding carboxylic acids is 1. The highest BCUT2D eigenvalue weighted by atomic mass is 35.5. The molecule has 0 atom stereocenters. The molecule has 0 aliphatic rings. The van der Waals surface area contributed by atoms with Gasteiger partial charge in [-0.3, -0.25) is 0 Å². The second kappa shape index (κ2) is 10.3. The van der Waals surface area contributed by atoms with Crippen LogP contribution in [-0.2, 0) is 17.8 Å². The van der Waals surface area contributed by atoms with E-state index >= 15 is 0 Å². The van der Waals surface area contributed by atoms with Gasteiger partial charge in [-0.1, -0.05) is 23.7 Å². The topological polar surface area (TPSA) is 94.9 Å². The normalized spacial score (nSPS) is 10.7. The SMILES string of the molecule is CCOC(=O)c1cc(Cn2c(C)c(-c3ccc(C#N)cc3)c(C#N)c2CN(C)C)cnc1Cl. The van der Waals surface area contributed by atoms with E-state index in [0.29, 0.717) is 24.2 Å². The first-order valence-electron chi connectivity index (χ1n) is 10.4. The number of aromatic nitrogens is 2. The van der Waals surface area contributed by atoms with Crippen LogP contribution in [-0.4, -0.2) is 41.1 Å². The second-order valence-electron chi connectivity index (χ2n) is 7.81. The van der Waals surface area contributed by atoms with Crippen LogP contribution in [0.4, 0.5) is 0 Å². The Bertz CT molecular complexity index is 1260. The van der Waals surface area contributed by atoms with E-state index in [1.807, 2.05) is 38.1 Å². The van der Waals surface area contributed by atoms with E-state index < -0.39 is 5.97 Å². The fourth-order valence-corrected chi connectivity index (χ4v) is 3.95. The minimum atomic E-state index is -0.523. The molecule has 0 saturated heterocycles. The van der Waals surface area contributed by atoms with Gasteiger partial charge in [0.25, 0.3) is 0 Å². The van der Waals surface area contributed by atoms with Gasteiger partial charge in [0.15, 0.2) is 0 Å². The highest BCUT2D eigenvalue weighted by Gasteiger charge is 2.23. The first kappa shape index (κ1) is 24.0. The number of pyridine rings is 1. The van der Waals surface area contributed by atoms with E-state index in [4.69, 9.17) is 21.6 Å². The third-order valence-electron chi connectivity index (χ3n) is 5.24. The molecule has 0 bridgehead atoms. The van der Waals surface area contributed by atoms with Crippen LogP contribution in [0, 0.1) is 29.6 Å². The Labute approximate surface area is 198 Å². The van der Waals surface area contributed by atoms with Gasteiger partial charge in [-0.25, -0.2) is 9.78 Å². The lowest BCUT2D eigenvalue weighted by atomic mass is 10.00. The Morgan fingerprint density at radius 1 is 1.21 bits per heavy atom. The van der Waals surface area contributed by atoms with Crippen molar-refractivity contribution in [2.75, 3.05) is 20.7 Å². The molecule has 0 radical (unpaired) electrons. The number of carbonyl (C=O) groups is 1. The Morgan fingerprint density at radius 3 is 2.48 bits per heavy atom. The highest BCUT2D eigenvalue weighted by Crippen LogP contribution is 2.34. The molecule has 2 aromatic heterocycles. The lowest BCUT2D eigenvalue weighted by Crippen LogP contribution is -2.17. The van der Waals surface area contributed by atoms with Crippen molar-refractivity contribution in [1.82, 2.24) is 14.5 Å². The largest absolute Gasteiger partial charge is 0.462 e. The number of nitriles is 2. The quantitative estimate of drug-likeness (QED) is 0.378. The number of esters is 1. The molecule has 8 heteroatoms. The van der Waals surface area contributed by atoms with Gasteiger partial charge in [0, 0.05) is 30.5 Å². The fourth-order valence-electron chi connectivity index (χ4n) is 3.77. The van der Waals surface area contributed by atoms with Crippen LogP contribution in [0.2, 0.25) is 5.15 Å². The Morgan fingerprint density at radius 2 is 1.91 bits per heavy atom. The zero-order chi connectivity index (χ0) is 24.1. The lowest BCUT2D eigenvalue weighted by molar-refractivity contribution is 0.0526. The maximum Gasteiger partial charge on any atom is 0.341 e. The van der Waals surface area contributed by atoms with E-state index in [0.717, 1.165) is 28.1 Å². The highest BCUT2D eigenvalue weighted by molar-refractivity contribution is 6.32. The zero-order valence-electron chi connectivity index (χ0n) is 19.0. The molecule has 0 fully saturated rings. The predicted molar refractivity (Wildman–Crippen MR) is 126 cm³/mol. The monoisotopic (exact) mass is 461 g/mol. The predicted octanol–water partition coefficient (Wildman–Crippen LogP) is 4.54. The van der Waals surface area contributed by atoms with Crippen molar-refractivity contribution in [2.45, 2.75) is 26.9 Å². The summed E-state index contributed by atoms with van der Waals surface area (Å²) in [4.78, 5) is 18.4. The van der Waals surface area contributed by atoms with Gasteiger partial charge >= 0.3 is 5.97 Å². The van der Waals surface area contributed by atoms with Gasteiger partial charge in [-0.05, 0) is 57.3 Å². The maximum absolute atomic E-state index is 12.3. The van der Waals surface area contributed by atoms with Crippen molar-refractivity contribution < 1.29 is 9.53 Å². The van der Waals surface area contributed by atoms with Gasteiger partial charge in [-0.2, -0.15) is 10.5 Å². The molecule has 3 rings (SSSR count). The number of halogens is 1.